The summed E-state index contributed by atoms with van der Waals surface area (Å²) in [6.45, 7) is 2.26. The normalized spacial score (nSPS) is 31.8. The van der Waals surface area contributed by atoms with Gasteiger partial charge in [-0.25, -0.2) is 0 Å². The predicted molar refractivity (Wildman–Crippen MR) is 56.0 cm³/mol. The average Bonchev–Trinajstić information content (AvgIpc) is 2.78. The van der Waals surface area contributed by atoms with Crippen molar-refractivity contribution in [3.05, 3.63) is 34.9 Å². The largest absolute Gasteiger partial charge is 0.310 e. The lowest BCUT2D eigenvalue weighted by Crippen LogP contribution is -2.26. The summed E-state index contributed by atoms with van der Waals surface area (Å²) in [6, 6.07) is 8.14. The maximum absolute atomic E-state index is 5.96. The van der Waals surface area contributed by atoms with Crippen molar-refractivity contribution in [2.24, 2.45) is 5.92 Å². The molecule has 2 rings (SSSR count). The van der Waals surface area contributed by atoms with E-state index in [1.165, 1.54) is 12.0 Å². The first-order valence-corrected chi connectivity index (χ1v) is 5.02. The van der Waals surface area contributed by atoms with Crippen molar-refractivity contribution in [3.8, 4) is 0 Å². The number of nitrogens with one attached hydrogen (secondary N) is 1. The molecular formula is C11H14ClN. The molecule has 0 aromatic heterocycles. The highest BCUT2D eigenvalue weighted by Gasteiger charge is 2.51. The standard InChI is InChI=1S/C11H14ClN/c1-8-7-11(8,13-2)9-4-3-5-10(12)6-9/h3-6,8,13H,7H2,1-2H3. The third kappa shape index (κ3) is 1.36. The fraction of sp³-hybridized carbons (Fsp3) is 0.455. The van der Waals surface area contributed by atoms with Gasteiger partial charge in [-0.1, -0.05) is 30.7 Å². The second-order valence-electron chi connectivity index (χ2n) is 3.84. The molecule has 1 nitrogen and oxygen atoms in total. The third-order valence-corrected chi connectivity index (χ3v) is 3.33. The van der Waals surface area contributed by atoms with E-state index in [4.69, 9.17) is 11.6 Å². The molecule has 1 saturated carbocycles. The summed E-state index contributed by atoms with van der Waals surface area (Å²) in [5.41, 5.74) is 1.51. The van der Waals surface area contributed by atoms with Crippen molar-refractivity contribution in [1.82, 2.24) is 5.32 Å². The molecule has 1 aromatic carbocycles. The highest BCUT2D eigenvalue weighted by atomic mass is 35.5. The fourth-order valence-electron chi connectivity index (χ4n) is 2.09. The summed E-state index contributed by atoms with van der Waals surface area (Å²) < 4.78 is 0. The second kappa shape index (κ2) is 3.00. The van der Waals surface area contributed by atoms with Crippen LogP contribution in [0.25, 0.3) is 0 Å². The Morgan fingerprint density at radius 1 is 1.54 bits per heavy atom. The molecule has 0 amide bonds. The Kier molecular flexibility index (Phi) is 2.09. The molecule has 70 valence electrons. The van der Waals surface area contributed by atoms with E-state index < -0.39 is 0 Å². The Balaban J connectivity index is 2.35. The van der Waals surface area contributed by atoms with E-state index in [1.54, 1.807) is 0 Å². The van der Waals surface area contributed by atoms with E-state index in [2.05, 4.69) is 24.4 Å². The van der Waals surface area contributed by atoms with Crippen LogP contribution in [0.2, 0.25) is 5.02 Å². The lowest BCUT2D eigenvalue weighted by atomic mass is 10.0. The molecule has 1 aliphatic carbocycles. The molecule has 1 aromatic rings. The third-order valence-electron chi connectivity index (χ3n) is 3.10. The van der Waals surface area contributed by atoms with Crippen LogP contribution in [-0.2, 0) is 5.54 Å². The predicted octanol–water partition coefficient (Wildman–Crippen LogP) is 2.79. The summed E-state index contributed by atoms with van der Waals surface area (Å²) in [5, 5.41) is 4.21. The second-order valence-corrected chi connectivity index (χ2v) is 4.27. The van der Waals surface area contributed by atoms with Gasteiger partial charge in [0.15, 0.2) is 0 Å². The summed E-state index contributed by atoms with van der Waals surface area (Å²) >= 11 is 5.96. The summed E-state index contributed by atoms with van der Waals surface area (Å²) in [5.74, 6) is 0.718. The lowest BCUT2D eigenvalue weighted by molar-refractivity contribution is 0.539. The molecule has 0 heterocycles. The van der Waals surface area contributed by atoms with Gasteiger partial charge in [-0.2, -0.15) is 0 Å². The highest BCUT2D eigenvalue weighted by Crippen LogP contribution is 2.51. The Bertz CT molecular complexity index is 320. The van der Waals surface area contributed by atoms with Crippen molar-refractivity contribution in [2.75, 3.05) is 7.05 Å². The molecule has 2 heteroatoms. The van der Waals surface area contributed by atoms with Crippen LogP contribution in [-0.4, -0.2) is 7.05 Å². The monoisotopic (exact) mass is 195 g/mol. The number of halogens is 1. The van der Waals surface area contributed by atoms with Gasteiger partial charge >= 0.3 is 0 Å². The minimum Gasteiger partial charge on any atom is -0.310 e. The number of benzene rings is 1. The number of rotatable bonds is 2. The Labute approximate surface area is 84.1 Å². The van der Waals surface area contributed by atoms with E-state index in [0.717, 1.165) is 10.9 Å². The quantitative estimate of drug-likeness (QED) is 0.766. The number of hydrogen-bond donors (Lipinski definition) is 1. The van der Waals surface area contributed by atoms with Crippen molar-refractivity contribution in [2.45, 2.75) is 18.9 Å². The maximum atomic E-state index is 5.96. The molecule has 1 N–H and O–H groups in total. The van der Waals surface area contributed by atoms with Crippen molar-refractivity contribution < 1.29 is 0 Å². The van der Waals surface area contributed by atoms with Crippen LogP contribution in [0.1, 0.15) is 18.9 Å². The SMILES string of the molecule is CNC1(c2cccc(Cl)c2)CC1C. The summed E-state index contributed by atoms with van der Waals surface area (Å²) in [7, 11) is 2.02. The zero-order valence-corrected chi connectivity index (χ0v) is 8.73. The van der Waals surface area contributed by atoms with Gasteiger partial charge in [-0.3, -0.25) is 0 Å². The van der Waals surface area contributed by atoms with Crippen LogP contribution in [0.4, 0.5) is 0 Å². The van der Waals surface area contributed by atoms with Gasteiger partial charge < -0.3 is 5.32 Å². The van der Waals surface area contributed by atoms with E-state index >= 15 is 0 Å². The molecule has 2 atom stereocenters. The zero-order valence-electron chi connectivity index (χ0n) is 7.97. The van der Waals surface area contributed by atoms with Crippen LogP contribution >= 0.6 is 11.6 Å². The first kappa shape index (κ1) is 9.04. The molecule has 1 aliphatic rings. The van der Waals surface area contributed by atoms with Crippen LogP contribution < -0.4 is 5.32 Å². The van der Waals surface area contributed by atoms with Crippen LogP contribution in [0.3, 0.4) is 0 Å². The first-order chi connectivity index (χ1) is 6.19. The topological polar surface area (TPSA) is 12.0 Å². The van der Waals surface area contributed by atoms with Gasteiger partial charge in [0, 0.05) is 10.6 Å². The van der Waals surface area contributed by atoms with Crippen molar-refractivity contribution in [3.63, 3.8) is 0 Å². The molecule has 0 radical (unpaired) electrons. The molecule has 1 fully saturated rings. The molecule has 0 spiro atoms. The van der Waals surface area contributed by atoms with E-state index in [0.29, 0.717) is 0 Å². The number of hydrogen-bond acceptors (Lipinski definition) is 1. The lowest BCUT2D eigenvalue weighted by Gasteiger charge is -2.16. The molecule has 2 unspecified atom stereocenters. The highest BCUT2D eigenvalue weighted by molar-refractivity contribution is 6.30. The van der Waals surface area contributed by atoms with Crippen LogP contribution in [0.5, 0.6) is 0 Å². The molecule has 0 aliphatic heterocycles. The van der Waals surface area contributed by atoms with Crippen molar-refractivity contribution >= 4 is 11.6 Å². The Morgan fingerprint density at radius 2 is 2.23 bits per heavy atom. The average molecular weight is 196 g/mol. The van der Waals surface area contributed by atoms with Gasteiger partial charge in [-0.05, 0) is 37.1 Å². The molecule has 13 heavy (non-hydrogen) atoms. The maximum Gasteiger partial charge on any atom is 0.0462 e. The van der Waals surface area contributed by atoms with Gasteiger partial charge in [0.2, 0.25) is 0 Å². The van der Waals surface area contributed by atoms with Gasteiger partial charge in [0.25, 0.3) is 0 Å². The zero-order chi connectivity index (χ0) is 9.47. The van der Waals surface area contributed by atoms with E-state index in [1.807, 2.05) is 19.2 Å². The first-order valence-electron chi connectivity index (χ1n) is 4.64. The van der Waals surface area contributed by atoms with Gasteiger partial charge in [0.05, 0.1) is 0 Å². The minimum absolute atomic E-state index is 0.199. The van der Waals surface area contributed by atoms with Crippen LogP contribution in [0, 0.1) is 5.92 Å². The Morgan fingerprint density at radius 3 is 2.69 bits per heavy atom. The molecule has 0 saturated heterocycles. The fourth-order valence-corrected chi connectivity index (χ4v) is 2.28. The minimum atomic E-state index is 0.199. The Hall–Kier alpha value is -0.530. The van der Waals surface area contributed by atoms with Crippen molar-refractivity contribution in [1.29, 1.82) is 0 Å². The summed E-state index contributed by atoms with van der Waals surface area (Å²) in [4.78, 5) is 0. The smallest absolute Gasteiger partial charge is 0.0462 e. The van der Waals surface area contributed by atoms with Gasteiger partial charge in [0.1, 0.15) is 0 Å². The van der Waals surface area contributed by atoms with E-state index in [9.17, 15) is 0 Å². The van der Waals surface area contributed by atoms with E-state index in [-0.39, 0.29) is 5.54 Å². The van der Waals surface area contributed by atoms with Crippen LogP contribution in [0.15, 0.2) is 24.3 Å². The molecule has 0 bridgehead atoms. The van der Waals surface area contributed by atoms with Gasteiger partial charge in [-0.15, -0.1) is 0 Å². The summed E-state index contributed by atoms with van der Waals surface area (Å²) in [6.07, 6.45) is 1.21. The molecular weight excluding hydrogens is 182 g/mol.